The first kappa shape index (κ1) is 20.3. The smallest absolute Gasteiger partial charge is 0.231 e. The molecule has 35 heavy (non-hydrogen) atoms. The predicted molar refractivity (Wildman–Crippen MR) is 146 cm³/mol. The summed E-state index contributed by atoms with van der Waals surface area (Å²) in [5.74, 6) is 0. The average molecular weight is 468 g/mol. The summed E-state index contributed by atoms with van der Waals surface area (Å²) < 4.78 is 3.38. The predicted octanol–water partition coefficient (Wildman–Crippen LogP) is 8.08. The molecule has 7 rings (SSSR count). The van der Waals surface area contributed by atoms with E-state index in [1.807, 2.05) is 17.7 Å². The number of hydrogen-bond donors (Lipinski definition) is 0. The van der Waals surface area contributed by atoms with Crippen LogP contribution in [-0.4, -0.2) is 4.98 Å². The lowest BCUT2D eigenvalue weighted by Gasteiger charge is -2.12. The third kappa shape index (κ3) is 3.31. The van der Waals surface area contributed by atoms with Gasteiger partial charge in [0.2, 0.25) is 0 Å². The van der Waals surface area contributed by atoms with E-state index in [1.165, 1.54) is 65.3 Å². The molecule has 3 heteroatoms. The molecule has 3 heterocycles. The first-order valence-corrected chi connectivity index (χ1v) is 12.7. The number of aromatic nitrogens is 2. The molecule has 0 saturated carbocycles. The fraction of sp³-hybridized carbons (Fsp3) is 0.0625. The van der Waals surface area contributed by atoms with Crippen LogP contribution >= 0.6 is 11.3 Å². The Morgan fingerprint density at radius 2 is 1.17 bits per heavy atom. The zero-order chi connectivity index (χ0) is 23.5. The molecule has 166 valence electrons. The SMILES string of the molecule is Cc1ccc2cc1-c1c3sc(cc3nc[n+]1C)-c1cccc(c1)-c1cccc(c1)-c1cccc-2c1. The van der Waals surface area contributed by atoms with Crippen LogP contribution in [0.1, 0.15) is 5.56 Å². The van der Waals surface area contributed by atoms with E-state index < -0.39 is 0 Å². The Balaban J connectivity index is 1.61. The molecule has 10 bridgehead atoms. The van der Waals surface area contributed by atoms with Crippen LogP contribution in [0.15, 0.2) is 103 Å². The van der Waals surface area contributed by atoms with Crippen LogP contribution in [0.4, 0.5) is 0 Å². The van der Waals surface area contributed by atoms with Crippen LogP contribution in [0.25, 0.3) is 65.3 Å². The minimum Gasteiger partial charge on any atom is -0.231 e. The topological polar surface area (TPSA) is 16.8 Å². The van der Waals surface area contributed by atoms with E-state index in [9.17, 15) is 0 Å². The Labute approximate surface area is 208 Å². The lowest BCUT2D eigenvalue weighted by molar-refractivity contribution is -0.662. The lowest BCUT2D eigenvalue weighted by Crippen LogP contribution is -2.31. The Morgan fingerprint density at radius 3 is 1.80 bits per heavy atom. The fourth-order valence-corrected chi connectivity index (χ4v) is 6.34. The summed E-state index contributed by atoms with van der Waals surface area (Å²) in [7, 11) is 2.10. The van der Waals surface area contributed by atoms with Crippen molar-refractivity contribution in [1.29, 1.82) is 0 Å². The molecule has 0 spiro atoms. The molecule has 0 saturated heterocycles. The molecule has 2 nitrogen and oxygen atoms in total. The van der Waals surface area contributed by atoms with E-state index >= 15 is 0 Å². The van der Waals surface area contributed by atoms with Gasteiger partial charge in [-0.3, -0.25) is 0 Å². The molecular formula is C32H23N2S+. The van der Waals surface area contributed by atoms with Gasteiger partial charge < -0.3 is 0 Å². The van der Waals surface area contributed by atoms with E-state index in [-0.39, 0.29) is 0 Å². The third-order valence-electron chi connectivity index (χ3n) is 7.02. The van der Waals surface area contributed by atoms with Crippen LogP contribution in [0.2, 0.25) is 0 Å². The van der Waals surface area contributed by atoms with E-state index in [2.05, 4.69) is 116 Å². The summed E-state index contributed by atoms with van der Waals surface area (Å²) in [6, 6.07) is 35.7. The van der Waals surface area contributed by atoms with Crippen LogP contribution in [0, 0.1) is 6.92 Å². The van der Waals surface area contributed by atoms with Gasteiger partial charge in [-0.25, -0.2) is 4.57 Å². The molecule has 0 radical (unpaired) electrons. The summed E-state index contributed by atoms with van der Waals surface area (Å²) in [6.07, 6.45) is 1.94. The molecule has 1 aliphatic rings. The van der Waals surface area contributed by atoms with E-state index in [1.54, 1.807) is 0 Å². The highest BCUT2D eigenvalue weighted by Crippen LogP contribution is 2.40. The van der Waals surface area contributed by atoms with Crippen molar-refractivity contribution in [1.82, 2.24) is 4.98 Å². The summed E-state index contributed by atoms with van der Waals surface area (Å²) in [4.78, 5) is 6.02. The Morgan fingerprint density at radius 1 is 0.629 bits per heavy atom. The average Bonchev–Trinajstić information content (AvgIpc) is 3.34. The van der Waals surface area contributed by atoms with Crippen molar-refractivity contribution in [2.24, 2.45) is 7.05 Å². The molecule has 0 N–H and O–H groups in total. The molecule has 0 unspecified atom stereocenters. The minimum absolute atomic E-state index is 1.04. The molecule has 4 aromatic carbocycles. The third-order valence-corrected chi connectivity index (χ3v) is 8.20. The van der Waals surface area contributed by atoms with Crippen molar-refractivity contribution in [3.63, 3.8) is 0 Å². The molecule has 0 atom stereocenters. The second-order valence-electron chi connectivity index (χ2n) is 9.30. The quantitative estimate of drug-likeness (QED) is 0.206. The number of thiophene rings is 1. The summed E-state index contributed by atoms with van der Waals surface area (Å²) in [5.41, 5.74) is 13.4. The number of fused-ring (bicyclic) bond motifs is 14. The van der Waals surface area contributed by atoms with Crippen molar-refractivity contribution < 1.29 is 4.57 Å². The molecule has 2 aromatic heterocycles. The van der Waals surface area contributed by atoms with Gasteiger partial charge in [-0.15, -0.1) is 11.3 Å². The van der Waals surface area contributed by atoms with Crippen LogP contribution < -0.4 is 4.57 Å². The van der Waals surface area contributed by atoms with Gasteiger partial charge in [-0.05, 0) is 80.7 Å². The molecule has 1 aliphatic heterocycles. The molecule has 6 aromatic rings. The first-order chi connectivity index (χ1) is 17.1. The highest BCUT2D eigenvalue weighted by molar-refractivity contribution is 7.22. The van der Waals surface area contributed by atoms with Gasteiger partial charge in [0.1, 0.15) is 4.70 Å². The fourth-order valence-electron chi connectivity index (χ4n) is 5.13. The maximum Gasteiger partial charge on any atom is 0.287 e. The summed E-state index contributed by atoms with van der Waals surface area (Å²) in [5, 5.41) is 0. The maximum atomic E-state index is 4.78. The second kappa shape index (κ2) is 7.72. The van der Waals surface area contributed by atoms with Crippen molar-refractivity contribution in [2.45, 2.75) is 6.92 Å². The zero-order valence-corrected chi connectivity index (χ0v) is 20.4. The Hall–Kier alpha value is -4.08. The van der Waals surface area contributed by atoms with E-state index in [0.717, 1.165) is 5.52 Å². The standard InChI is InChI=1S/C32H23N2S/c1-20-12-13-26-17-28(20)31-32-29(33-19-34(31)2)18-30(35-32)27-11-5-10-25(16-27)23-8-3-6-21(14-23)22-7-4-9-24(26)15-22/h3-19H,1-2H3/q+1. The molecule has 0 fully saturated rings. The Kier molecular flexibility index (Phi) is 4.48. The van der Waals surface area contributed by atoms with Crippen molar-refractivity contribution in [3.8, 4) is 55.1 Å². The second-order valence-corrected chi connectivity index (χ2v) is 10.4. The van der Waals surface area contributed by atoms with Gasteiger partial charge in [0.15, 0.2) is 11.2 Å². The van der Waals surface area contributed by atoms with E-state index in [0.29, 0.717) is 0 Å². The minimum atomic E-state index is 1.04. The zero-order valence-electron chi connectivity index (χ0n) is 19.6. The van der Waals surface area contributed by atoms with Crippen LogP contribution in [0.5, 0.6) is 0 Å². The maximum absolute atomic E-state index is 4.78. The van der Waals surface area contributed by atoms with Crippen molar-refractivity contribution in [3.05, 3.63) is 109 Å². The summed E-state index contributed by atoms with van der Waals surface area (Å²) in [6.45, 7) is 2.20. The number of nitrogens with zero attached hydrogens (tertiary/aromatic N) is 2. The number of rotatable bonds is 0. The highest BCUT2D eigenvalue weighted by Gasteiger charge is 2.21. The van der Waals surface area contributed by atoms with Gasteiger partial charge in [-0.2, -0.15) is 0 Å². The Bertz CT molecular complexity index is 1780. The molecule has 0 aliphatic carbocycles. The van der Waals surface area contributed by atoms with E-state index in [4.69, 9.17) is 4.98 Å². The molecular weight excluding hydrogens is 444 g/mol. The van der Waals surface area contributed by atoms with Crippen molar-refractivity contribution >= 4 is 21.6 Å². The summed E-state index contributed by atoms with van der Waals surface area (Å²) >= 11 is 1.83. The van der Waals surface area contributed by atoms with Gasteiger partial charge in [0.05, 0.1) is 7.05 Å². The monoisotopic (exact) mass is 467 g/mol. The number of hydrogen-bond acceptors (Lipinski definition) is 2. The first-order valence-electron chi connectivity index (χ1n) is 11.8. The van der Waals surface area contributed by atoms with Gasteiger partial charge in [0, 0.05) is 16.5 Å². The highest BCUT2D eigenvalue weighted by atomic mass is 32.1. The molecule has 0 amide bonds. The largest absolute Gasteiger partial charge is 0.287 e. The van der Waals surface area contributed by atoms with Gasteiger partial charge in [-0.1, -0.05) is 66.7 Å². The lowest BCUT2D eigenvalue weighted by atomic mass is 9.94. The number of benzene rings is 4. The van der Waals surface area contributed by atoms with Crippen LogP contribution in [-0.2, 0) is 7.05 Å². The normalized spacial score (nSPS) is 11.7. The number of aryl methyl sites for hydroxylation is 2. The van der Waals surface area contributed by atoms with Gasteiger partial charge in [0.25, 0.3) is 6.33 Å². The van der Waals surface area contributed by atoms with Gasteiger partial charge >= 0.3 is 0 Å². The van der Waals surface area contributed by atoms with Crippen molar-refractivity contribution in [2.75, 3.05) is 0 Å². The van der Waals surface area contributed by atoms with Crippen LogP contribution in [0.3, 0.4) is 0 Å².